The van der Waals surface area contributed by atoms with Gasteiger partial charge in [-0.2, -0.15) is 5.26 Å². The Labute approximate surface area is 96.2 Å². The van der Waals surface area contributed by atoms with Crippen molar-refractivity contribution in [2.75, 3.05) is 24.6 Å². The van der Waals surface area contributed by atoms with Crippen molar-refractivity contribution in [3.63, 3.8) is 0 Å². The number of nitriles is 1. The quantitative estimate of drug-likeness (QED) is 0.814. The molecule has 0 fully saturated rings. The molecule has 0 atom stereocenters. The topological polar surface area (TPSA) is 60.1 Å². The predicted octanol–water partition coefficient (Wildman–Crippen LogP) is 1.47. The molecule has 0 spiro atoms. The van der Waals surface area contributed by atoms with E-state index in [2.05, 4.69) is 18.0 Å². The van der Waals surface area contributed by atoms with Crippen LogP contribution < -0.4 is 4.90 Å². The number of hydrogen-bond acceptors (Lipinski definition) is 4. The van der Waals surface area contributed by atoms with Gasteiger partial charge in [-0.05, 0) is 25.0 Å². The lowest BCUT2D eigenvalue weighted by atomic mass is 10.1. The summed E-state index contributed by atoms with van der Waals surface area (Å²) in [5.41, 5.74) is 1.52. The number of rotatable bonds is 5. The van der Waals surface area contributed by atoms with Crippen LogP contribution in [0.3, 0.4) is 0 Å². The number of nitrogens with zero attached hydrogens (tertiary/aromatic N) is 3. The van der Waals surface area contributed by atoms with Crippen LogP contribution in [0.25, 0.3) is 0 Å². The minimum atomic E-state index is 0.0699. The van der Waals surface area contributed by atoms with Crippen LogP contribution in [0.5, 0.6) is 0 Å². The Balaban J connectivity index is 3.08. The standard InChI is InChI=1S/C12H17N3O/c1-3-6-15(7-8-16)12-11(9-13)10(2)4-5-14-12/h4-5,16H,3,6-8H2,1-2H3. The van der Waals surface area contributed by atoms with Gasteiger partial charge in [0, 0.05) is 19.3 Å². The maximum atomic E-state index is 9.11. The monoisotopic (exact) mass is 219 g/mol. The summed E-state index contributed by atoms with van der Waals surface area (Å²) in [5, 5.41) is 18.1. The summed E-state index contributed by atoms with van der Waals surface area (Å²) in [6.07, 6.45) is 2.66. The van der Waals surface area contributed by atoms with E-state index in [9.17, 15) is 0 Å². The number of aryl methyl sites for hydroxylation is 1. The van der Waals surface area contributed by atoms with Crippen molar-refractivity contribution in [1.82, 2.24) is 4.98 Å². The Hall–Kier alpha value is -1.60. The van der Waals surface area contributed by atoms with E-state index in [0.717, 1.165) is 18.5 Å². The number of hydrogen-bond donors (Lipinski definition) is 1. The molecule has 4 nitrogen and oxygen atoms in total. The molecule has 1 aromatic heterocycles. The lowest BCUT2D eigenvalue weighted by Gasteiger charge is -2.23. The van der Waals surface area contributed by atoms with E-state index in [1.165, 1.54) is 0 Å². The molecule has 0 aliphatic heterocycles. The summed E-state index contributed by atoms with van der Waals surface area (Å²) in [7, 11) is 0. The molecule has 0 radical (unpaired) electrons. The van der Waals surface area contributed by atoms with Gasteiger partial charge >= 0.3 is 0 Å². The van der Waals surface area contributed by atoms with Gasteiger partial charge in [0.15, 0.2) is 0 Å². The maximum Gasteiger partial charge on any atom is 0.146 e. The lowest BCUT2D eigenvalue weighted by Crippen LogP contribution is -2.29. The first-order valence-electron chi connectivity index (χ1n) is 5.46. The van der Waals surface area contributed by atoms with Gasteiger partial charge in [-0.3, -0.25) is 0 Å². The number of aliphatic hydroxyl groups is 1. The maximum absolute atomic E-state index is 9.11. The Bertz CT molecular complexity index is 378. The van der Waals surface area contributed by atoms with Crippen LogP contribution in [0.15, 0.2) is 12.3 Å². The minimum Gasteiger partial charge on any atom is -0.395 e. The number of pyridine rings is 1. The molecule has 0 saturated heterocycles. The van der Waals surface area contributed by atoms with E-state index >= 15 is 0 Å². The van der Waals surface area contributed by atoms with E-state index in [1.54, 1.807) is 6.20 Å². The van der Waals surface area contributed by atoms with Crippen molar-refractivity contribution in [2.45, 2.75) is 20.3 Å². The minimum absolute atomic E-state index is 0.0699. The third-order valence-corrected chi connectivity index (χ3v) is 2.41. The van der Waals surface area contributed by atoms with Crippen LogP contribution >= 0.6 is 0 Å². The van der Waals surface area contributed by atoms with E-state index in [1.807, 2.05) is 17.9 Å². The molecular weight excluding hydrogens is 202 g/mol. The molecule has 1 heterocycles. The first-order chi connectivity index (χ1) is 7.74. The second kappa shape index (κ2) is 6.09. The summed E-state index contributed by atoms with van der Waals surface area (Å²) >= 11 is 0. The van der Waals surface area contributed by atoms with Crippen LogP contribution in [0.2, 0.25) is 0 Å². The van der Waals surface area contributed by atoms with Gasteiger partial charge in [0.05, 0.1) is 12.2 Å². The van der Waals surface area contributed by atoms with Crippen molar-refractivity contribution in [2.24, 2.45) is 0 Å². The van der Waals surface area contributed by atoms with Crippen LogP contribution in [0.4, 0.5) is 5.82 Å². The number of aliphatic hydroxyl groups excluding tert-OH is 1. The molecule has 0 saturated carbocycles. The molecule has 16 heavy (non-hydrogen) atoms. The smallest absolute Gasteiger partial charge is 0.146 e. The van der Waals surface area contributed by atoms with Gasteiger partial charge in [0.1, 0.15) is 11.9 Å². The van der Waals surface area contributed by atoms with Gasteiger partial charge in [0.2, 0.25) is 0 Å². The second-order valence-electron chi connectivity index (χ2n) is 3.65. The third-order valence-electron chi connectivity index (χ3n) is 2.41. The zero-order chi connectivity index (χ0) is 12.0. The van der Waals surface area contributed by atoms with Gasteiger partial charge < -0.3 is 10.0 Å². The summed E-state index contributed by atoms with van der Waals surface area (Å²) in [6, 6.07) is 4.00. The zero-order valence-electron chi connectivity index (χ0n) is 9.77. The van der Waals surface area contributed by atoms with E-state index in [0.29, 0.717) is 17.9 Å². The first kappa shape index (κ1) is 12.5. The fourth-order valence-electron chi connectivity index (χ4n) is 1.64. The predicted molar refractivity (Wildman–Crippen MR) is 63.3 cm³/mol. The molecule has 1 aromatic rings. The van der Waals surface area contributed by atoms with Gasteiger partial charge in [-0.25, -0.2) is 4.98 Å². The van der Waals surface area contributed by atoms with Crippen molar-refractivity contribution in [3.8, 4) is 6.07 Å². The van der Waals surface area contributed by atoms with Gasteiger partial charge in [-0.15, -0.1) is 0 Å². The van der Waals surface area contributed by atoms with Gasteiger partial charge in [0.25, 0.3) is 0 Å². The fourth-order valence-corrected chi connectivity index (χ4v) is 1.64. The van der Waals surface area contributed by atoms with E-state index in [-0.39, 0.29) is 6.61 Å². The molecular formula is C12H17N3O. The molecule has 4 heteroatoms. The number of anilines is 1. The first-order valence-corrected chi connectivity index (χ1v) is 5.46. The highest BCUT2D eigenvalue weighted by Gasteiger charge is 2.13. The van der Waals surface area contributed by atoms with Crippen molar-refractivity contribution >= 4 is 5.82 Å². The summed E-state index contributed by atoms with van der Waals surface area (Å²) in [4.78, 5) is 6.19. The van der Waals surface area contributed by atoms with E-state index < -0.39 is 0 Å². The third kappa shape index (κ3) is 2.71. The summed E-state index contributed by atoms with van der Waals surface area (Å²) in [5.74, 6) is 0.679. The van der Waals surface area contributed by atoms with Crippen LogP contribution in [0, 0.1) is 18.3 Å². The Morgan fingerprint density at radius 1 is 1.50 bits per heavy atom. The molecule has 0 aromatic carbocycles. The Kier molecular flexibility index (Phi) is 4.74. The normalized spacial score (nSPS) is 9.88. The average Bonchev–Trinajstić information content (AvgIpc) is 2.28. The second-order valence-corrected chi connectivity index (χ2v) is 3.65. The zero-order valence-corrected chi connectivity index (χ0v) is 9.77. The largest absolute Gasteiger partial charge is 0.395 e. The summed E-state index contributed by atoms with van der Waals surface area (Å²) < 4.78 is 0. The molecule has 0 bridgehead atoms. The lowest BCUT2D eigenvalue weighted by molar-refractivity contribution is 0.301. The van der Waals surface area contributed by atoms with Crippen LogP contribution in [-0.2, 0) is 0 Å². The Morgan fingerprint density at radius 3 is 2.81 bits per heavy atom. The highest BCUT2D eigenvalue weighted by Crippen LogP contribution is 2.19. The molecule has 0 aliphatic carbocycles. The molecule has 0 amide bonds. The highest BCUT2D eigenvalue weighted by atomic mass is 16.3. The highest BCUT2D eigenvalue weighted by molar-refractivity contribution is 5.57. The van der Waals surface area contributed by atoms with E-state index in [4.69, 9.17) is 10.4 Å². The van der Waals surface area contributed by atoms with Crippen molar-refractivity contribution < 1.29 is 5.11 Å². The summed E-state index contributed by atoms with van der Waals surface area (Å²) in [6.45, 7) is 5.34. The fraction of sp³-hybridized carbons (Fsp3) is 0.500. The van der Waals surface area contributed by atoms with Crippen molar-refractivity contribution in [1.29, 1.82) is 5.26 Å². The van der Waals surface area contributed by atoms with Crippen LogP contribution in [-0.4, -0.2) is 29.8 Å². The molecule has 86 valence electrons. The van der Waals surface area contributed by atoms with Crippen molar-refractivity contribution in [3.05, 3.63) is 23.4 Å². The molecule has 0 unspecified atom stereocenters. The number of aromatic nitrogens is 1. The van der Waals surface area contributed by atoms with Gasteiger partial charge in [-0.1, -0.05) is 6.92 Å². The van der Waals surface area contributed by atoms with Crippen LogP contribution in [0.1, 0.15) is 24.5 Å². The average molecular weight is 219 g/mol. The molecule has 1 rings (SSSR count). The molecule has 0 aliphatic rings. The SMILES string of the molecule is CCCN(CCO)c1nccc(C)c1C#N. The Morgan fingerprint density at radius 2 is 2.25 bits per heavy atom. The molecule has 1 N–H and O–H groups in total.